The monoisotopic (exact) mass is 316 g/mol. The first-order chi connectivity index (χ1) is 8.13. The zero-order chi connectivity index (χ0) is 12.3. The van der Waals surface area contributed by atoms with Gasteiger partial charge >= 0.3 is 0 Å². The predicted octanol–water partition coefficient (Wildman–Crippen LogP) is 3.47. The lowest BCUT2D eigenvalue weighted by atomic mass is 9.93. The van der Waals surface area contributed by atoms with Crippen LogP contribution in [0, 0.1) is 0 Å². The summed E-state index contributed by atoms with van der Waals surface area (Å²) in [5.74, 6) is 0. The van der Waals surface area contributed by atoms with Gasteiger partial charge in [0.05, 0.1) is 0 Å². The van der Waals surface area contributed by atoms with E-state index in [1.807, 2.05) is 11.3 Å². The normalized spacial score (nSPS) is 24.7. The van der Waals surface area contributed by atoms with Crippen LogP contribution >= 0.6 is 27.3 Å². The number of rotatable bonds is 5. The van der Waals surface area contributed by atoms with Gasteiger partial charge in [-0.05, 0) is 54.9 Å². The molecule has 0 bridgehead atoms. The van der Waals surface area contributed by atoms with Crippen molar-refractivity contribution in [2.45, 2.75) is 38.3 Å². The highest BCUT2D eigenvalue weighted by Crippen LogP contribution is 2.26. The molecule has 2 heterocycles. The quantitative estimate of drug-likeness (QED) is 0.894. The van der Waals surface area contributed by atoms with Crippen molar-refractivity contribution in [1.82, 2.24) is 10.2 Å². The Hall–Kier alpha value is 0.1000. The van der Waals surface area contributed by atoms with E-state index in [0.29, 0.717) is 5.54 Å². The second-order valence-electron chi connectivity index (χ2n) is 5.07. The number of hydrogen-bond acceptors (Lipinski definition) is 3. The number of halogens is 1. The Morgan fingerprint density at radius 3 is 2.94 bits per heavy atom. The Labute approximate surface area is 117 Å². The SMILES string of the molecule is CCC1(CN(C)Cc2cc(Br)cs2)CCCN1. The van der Waals surface area contributed by atoms with Gasteiger partial charge in [-0.3, -0.25) is 4.90 Å². The molecule has 1 aliphatic heterocycles. The lowest BCUT2D eigenvalue weighted by Crippen LogP contribution is -2.48. The second kappa shape index (κ2) is 5.83. The molecule has 0 aliphatic carbocycles. The molecule has 1 aromatic rings. The van der Waals surface area contributed by atoms with Crippen LogP contribution in [-0.2, 0) is 6.54 Å². The first-order valence-electron chi connectivity index (χ1n) is 6.30. The molecule has 1 atom stereocenters. The first-order valence-corrected chi connectivity index (χ1v) is 7.97. The van der Waals surface area contributed by atoms with Gasteiger partial charge in [0.25, 0.3) is 0 Å². The van der Waals surface area contributed by atoms with Crippen molar-refractivity contribution in [3.05, 3.63) is 20.8 Å². The highest BCUT2D eigenvalue weighted by Gasteiger charge is 2.32. The molecule has 0 amide bonds. The molecular formula is C13H21BrN2S. The molecule has 0 saturated carbocycles. The highest BCUT2D eigenvalue weighted by atomic mass is 79.9. The van der Waals surface area contributed by atoms with Gasteiger partial charge in [-0.15, -0.1) is 11.3 Å². The molecule has 2 nitrogen and oxygen atoms in total. The maximum atomic E-state index is 3.69. The third-order valence-corrected chi connectivity index (χ3v) is 5.31. The number of nitrogens with one attached hydrogen (secondary N) is 1. The van der Waals surface area contributed by atoms with Gasteiger partial charge in [0.15, 0.2) is 0 Å². The van der Waals surface area contributed by atoms with Crippen molar-refractivity contribution >= 4 is 27.3 Å². The minimum absolute atomic E-state index is 0.364. The Bertz CT molecular complexity index is 358. The van der Waals surface area contributed by atoms with Gasteiger partial charge in [0, 0.05) is 33.4 Å². The van der Waals surface area contributed by atoms with Crippen molar-refractivity contribution in [3.63, 3.8) is 0 Å². The largest absolute Gasteiger partial charge is 0.310 e. The Morgan fingerprint density at radius 1 is 1.59 bits per heavy atom. The van der Waals surface area contributed by atoms with Crippen LogP contribution in [0.15, 0.2) is 15.9 Å². The summed E-state index contributed by atoms with van der Waals surface area (Å²) in [6.07, 6.45) is 3.87. The molecule has 0 aromatic carbocycles. The maximum absolute atomic E-state index is 3.69. The predicted molar refractivity (Wildman–Crippen MR) is 78.6 cm³/mol. The van der Waals surface area contributed by atoms with Gasteiger partial charge in [0.1, 0.15) is 0 Å². The third kappa shape index (κ3) is 3.53. The molecular weight excluding hydrogens is 296 g/mol. The van der Waals surface area contributed by atoms with Gasteiger partial charge in [0.2, 0.25) is 0 Å². The van der Waals surface area contributed by atoms with E-state index in [1.165, 1.54) is 35.2 Å². The maximum Gasteiger partial charge on any atom is 0.0326 e. The second-order valence-corrected chi connectivity index (χ2v) is 6.98. The van der Waals surface area contributed by atoms with Crippen LogP contribution in [0.25, 0.3) is 0 Å². The van der Waals surface area contributed by atoms with Crippen LogP contribution in [-0.4, -0.2) is 30.6 Å². The fourth-order valence-corrected chi connectivity index (χ4v) is 4.22. The Morgan fingerprint density at radius 2 is 2.41 bits per heavy atom. The molecule has 1 aliphatic rings. The van der Waals surface area contributed by atoms with Crippen LogP contribution < -0.4 is 5.32 Å². The summed E-state index contributed by atoms with van der Waals surface area (Å²) >= 11 is 5.35. The number of hydrogen-bond donors (Lipinski definition) is 1. The highest BCUT2D eigenvalue weighted by molar-refractivity contribution is 9.10. The average molecular weight is 317 g/mol. The van der Waals surface area contributed by atoms with Crippen LogP contribution in [0.3, 0.4) is 0 Å². The zero-order valence-electron chi connectivity index (χ0n) is 10.6. The summed E-state index contributed by atoms with van der Waals surface area (Å²) in [4.78, 5) is 3.88. The summed E-state index contributed by atoms with van der Waals surface area (Å²) in [6, 6.07) is 2.22. The molecule has 1 fully saturated rings. The topological polar surface area (TPSA) is 15.3 Å². The van der Waals surface area contributed by atoms with E-state index in [-0.39, 0.29) is 0 Å². The summed E-state index contributed by atoms with van der Waals surface area (Å²) in [7, 11) is 2.23. The van der Waals surface area contributed by atoms with E-state index < -0.39 is 0 Å². The molecule has 0 radical (unpaired) electrons. The Balaban J connectivity index is 1.90. The summed E-state index contributed by atoms with van der Waals surface area (Å²) in [5, 5.41) is 5.85. The van der Waals surface area contributed by atoms with E-state index in [2.05, 4.69) is 51.6 Å². The van der Waals surface area contributed by atoms with Gasteiger partial charge in [-0.1, -0.05) is 6.92 Å². The molecule has 1 saturated heterocycles. The molecule has 1 unspecified atom stereocenters. The van der Waals surface area contributed by atoms with Gasteiger partial charge < -0.3 is 5.32 Å². The first kappa shape index (κ1) is 13.5. The van der Waals surface area contributed by atoms with Crippen LogP contribution in [0.1, 0.15) is 31.1 Å². The molecule has 1 N–H and O–H groups in total. The summed E-state index contributed by atoms with van der Waals surface area (Å²) in [6.45, 7) is 5.69. The van der Waals surface area contributed by atoms with Crippen molar-refractivity contribution in [2.24, 2.45) is 0 Å². The Kier molecular flexibility index (Phi) is 4.64. The lowest BCUT2D eigenvalue weighted by Gasteiger charge is -2.33. The van der Waals surface area contributed by atoms with Crippen molar-refractivity contribution in [1.29, 1.82) is 0 Å². The smallest absolute Gasteiger partial charge is 0.0326 e. The van der Waals surface area contributed by atoms with Crippen molar-refractivity contribution < 1.29 is 0 Å². The van der Waals surface area contributed by atoms with E-state index in [9.17, 15) is 0 Å². The fourth-order valence-electron chi connectivity index (χ4n) is 2.69. The third-order valence-electron chi connectivity index (χ3n) is 3.63. The average Bonchev–Trinajstić information content (AvgIpc) is 2.89. The minimum Gasteiger partial charge on any atom is -0.310 e. The van der Waals surface area contributed by atoms with E-state index in [0.717, 1.165) is 13.1 Å². The number of thiophene rings is 1. The number of nitrogens with zero attached hydrogens (tertiary/aromatic N) is 1. The van der Waals surface area contributed by atoms with Crippen LogP contribution in [0.5, 0.6) is 0 Å². The number of likely N-dealkylation sites (N-methyl/N-ethyl adjacent to an activating group) is 1. The lowest BCUT2D eigenvalue weighted by molar-refractivity contribution is 0.215. The molecule has 0 spiro atoms. The van der Waals surface area contributed by atoms with Gasteiger partial charge in [-0.2, -0.15) is 0 Å². The molecule has 17 heavy (non-hydrogen) atoms. The van der Waals surface area contributed by atoms with Crippen LogP contribution in [0.2, 0.25) is 0 Å². The van der Waals surface area contributed by atoms with E-state index in [4.69, 9.17) is 0 Å². The summed E-state index contributed by atoms with van der Waals surface area (Å²) < 4.78 is 1.20. The standard InChI is InChI=1S/C13H21BrN2S/c1-3-13(5-4-6-15-13)10-16(2)8-12-7-11(14)9-17-12/h7,9,15H,3-6,8,10H2,1-2H3. The van der Waals surface area contributed by atoms with Crippen molar-refractivity contribution in [2.75, 3.05) is 20.1 Å². The van der Waals surface area contributed by atoms with E-state index >= 15 is 0 Å². The van der Waals surface area contributed by atoms with Crippen molar-refractivity contribution in [3.8, 4) is 0 Å². The molecule has 1 aromatic heterocycles. The molecule has 96 valence electrons. The fraction of sp³-hybridized carbons (Fsp3) is 0.692. The van der Waals surface area contributed by atoms with Gasteiger partial charge in [-0.25, -0.2) is 0 Å². The summed E-state index contributed by atoms with van der Waals surface area (Å²) in [5.41, 5.74) is 0.364. The zero-order valence-corrected chi connectivity index (χ0v) is 13.0. The molecule has 4 heteroatoms. The van der Waals surface area contributed by atoms with E-state index in [1.54, 1.807) is 0 Å². The minimum atomic E-state index is 0.364. The van der Waals surface area contributed by atoms with Crippen LogP contribution in [0.4, 0.5) is 0 Å². The molecule has 2 rings (SSSR count).